The second kappa shape index (κ2) is 10.5. The van der Waals surface area contributed by atoms with Gasteiger partial charge in [0.1, 0.15) is 0 Å². The van der Waals surface area contributed by atoms with Gasteiger partial charge in [-0.1, -0.05) is 30.3 Å². The van der Waals surface area contributed by atoms with Crippen molar-refractivity contribution in [2.75, 3.05) is 31.1 Å². The van der Waals surface area contributed by atoms with Crippen molar-refractivity contribution in [3.63, 3.8) is 0 Å². The molecule has 7 nitrogen and oxygen atoms in total. The number of hydrogen-bond acceptors (Lipinski definition) is 4. The Morgan fingerprint density at radius 1 is 0.879 bits per heavy atom. The van der Waals surface area contributed by atoms with Gasteiger partial charge in [-0.3, -0.25) is 9.59 Å². The number of nitrogens with zero attached hydrogens (tertiary/aromatic N) is 2. The highest BCUT2D eigenvalue weighted by molar-refractivity contribution is 7.89. The van der Waals surface area contributed by atoms with Gasteiger partial charge >= 0.3 is 0 Å². The molecule has 33 heavy (non-hydrogen) atoms. The van der Waals surface area contributed by atoms with E-state index >= 15 is 0 Å². The first-order chi connectivity index (χ1) is 15.9. The molecule has 2 aliphatic rings. The minimum Gasteiger partial charge on any atom is -0.343 e. The number of carbonyl (C=O) groups excluding carboxylic acids is 2. The third-order valence-corrected chi connectivity index (χ3v) is 7.83. The summed E-state index contributed by atoms with van der Waals surface area (Å²) in [5, 5.41) is 0. The molecule has 8 heteroatoms. The van der Waals surface area contributed by atoms with E-state index in [1.165, 1.54) is 0 Å². The zero-order chi connectivity index (χ0) is 23.3. The zero-order valence-corrected chi connectivity index (χ0v) is 19.6. The molecule has 1 saturated heterocycles. The molecule has 0 spiro atoms. The lowest BCUT2D eigenvalue weighted by Crippen LogP contribution is -2.37. The molecule has 2 aliphatic heterocycles. The Balaban J connectivity index is 1.33. The van der Waals surface area contributed by atoms with Gasteiger partial charge in [-0.15, -0.1) is 0 Å². The molecular formula is C25H31N3O4S. The fourth-order valence-electron chi connectivity index (χ4n) is 4.51. The summed E-state index contributed by atoms with van der Waals surface area (Å²) in [7, 11) is -3.63. The fourth-order valence-corrected chi connectivity index (χ4v) is 5.59. The van der Waals surface area contributed by atoms with E-state index in [1.54, 1.807) is 23.1 Å². The number of fused-ring (bicyclic) bond motifs is 1. The van der Waals surface area contributed by atoms with Crippen LogP contribution < -0.4 is 9.62 Å². The Labute approximate surface area is 195 Å². The van der Waals surface area contributed by atoms with Crippen molar-refractivity contribution in [2.45, 2.75) is 49.8 Å². The molecule has 0 radical (unpaired) electrons. The molecule has 0 aliphatic carbocycles. The molecule has 0 bridgehead atoms. The molecule has 1 N–H and O–H groups in total. The normalized spacial score (nSPS) is 16.0. The fraction of sp³-hybridized carbons (Fsp3) is 0.440. The van der Waals surface area contributed by atoms with E-state index in [-0.39, 0.29) is 29.6 Å². The predicted molar refractivity (Wildman–Crippen MR) is 127 cm³/mol. The third-order valence-electron chi connectivity index (χ3n) is 6.37. The van der Waals surface area contributed by atoms with Crippen LogP contribution in [-0.2, 0) is 32.5 Å². The highest BCUT2D eigenvalue weighted by atomic mass is 32.2. The Morgan fingerprint density at radius 3 is 2.36 bits per heavy atom. The van der Waals surface area contributed by atoms with Crippen molar-refractivity contribution < 1.29 is 18.0 Å². The summed E-state index contributed by atoms with van der Waals surface area (Å²) in [6.07, 6.45) is 4.85. The summed E-state index contributed by atoms with van der Waals surface area (Å²) >= 11 is 0. The average Bonchev–Trinajstić information content (AvgIpc) is 3.27. The summed E-state index contributed by atoms with van der Waals surface area (Å²) in [4.78, 5) is 28.9. The topological polar surface area (TPSA) is 86.8 Å². The standard InChI is InChI=1S/C25H31N3O4S/c29-24(27-16-5-2-6-17-27)11-12-25(30)28-18-14-21-19-22(9-10-23(21)28)33(31,32)26-15-13-20-7-3-1-4-8-20/h1,3-4,7-10,19,26H,2,5-6,11-18H2. The van der Waals surface area contributed by atoms with Crippen molar-refractivity contribution in [1.82, 2.24) is 9.62 Å². The first-order valence-corrected chi connectivity index (χ1v) is 13.2. The van der Waals surface area contributed by atoms with E-state index < -0.39 is 10.0 Å². The Morgan fingerprint density at radius 2 is 1.61 bits per heavy atom. The van der Waals surface area contributed by atoms with E-state index in [1.807, 2.05) is 35.2 Å². The lowest BCUT2D eigenvalue weighted by molar-refractivity contribution is -0.133. The van der Waals surface area contributed by atoms with Gasteiger partial charge in [0, 0.05) is 44.7 Å². The number of anilines is 1. The first-order valence-electron chi connectivity index (χ1n) is 11.7. The van der Waals surface area contributed by atoms with Crippen LogP contribution in [0.5, 0.6) is 0 Å². The van der Waals surface area contributed by atoms with Gasteiger partial charge in [0.2, 0.25) is 21.8 Å². The second-order valence-corrected chi connectivity index (χ2v) is 10.4. The molecule has 2 amide bonds. The third kappa shape index (κ3) is 5.81. The van der Waals surface area contributed by atoms with Crippen LogP contribution >= 0.6 is 0 Å². The van der Waals surface area contributed by atoms with Gasteiger partial charge in [0.05, 0.1) is 4.90 Å². The minimum absolute atomic E-state index is 0.0467. The van der Waals surface area contributed by atoms with Gasteiger partial charge in [-0.25, -0.2) is 13.1 Å². The summed E-state index contributed by atoms with van der Waals surface area (Å²) in [5.41, 5.74) is 2.66. The van der Waals surface area contributed by atoms with Crippen LogP contribution in [0.25, 0.3) is 0 Å². The van der Waals surface area contributed by atoms with Gasteiger partial charge in [-0.2, -0.15) is 0 Å². The number of nitrogens with one attached hydrogen (secondary N) is 1. The van der Waals surface area contributed by atoms with Crippen molar-refractivity contribution in [1.29, 1.82) is 0 Å². The smallest absolute Gasteiger partial charge is 0.240 e. The molecule has 4 rings (SSSR count). The van der Waals surface area contributed by atoms with Crippen LogP contribution in [0.2, 0.25) is 0 Å². The van der Waals surface area contributed by atoms with Crippen molar-refractivity contribution in [2.24, 2.45) is 0 Å². The lowest BCUT2D eigenvalue weighted by atomic mass is 10.1. The molecule has 2 heterocycles. The molecule has 0 saturated carbocycles. The molecule has 0 aromatic heterocycles. The van der Waals surface area contributed by atoms with E-state index in [2.05, 4.69) is 4.72 Å². The monoisotopic (exact) mass is 469 g/mol. The van der Waals surface area contributed by atoms with E-state index in [4.69, 9.17) is 0 Å². The molecule has 0 atom stereocenters. The maximum absolute atomic E-state index is 12.8. The van der Waals surface area contributed by atoms with Gasteiger partial charge < -0.3 is 9.80 Å². The SMILES string of the molecule is O=C(CCC(=O)N1CCc2cc(S(=O)(=O)NCCc3ccccc3)ccc21)N1CCCCC1. The average molecular weight is 470 g/mol. The lowest BCUT2D eigenvalue weighted by Gasteiger charge is -2.27. The van der Waals surface area contributed by atoms with E-state index in [0.29, 0.717) is 25.9 Å². The Kier molecular flexibility index (Phi) is 7.45. The highest BCUT2D eigenvalue weighted by Gasteiger charge is 2.27. The number of benzene rings is 2. The summed E-state index contributed by atoms with van der Waals surface area (Å²) in [6, 6.07) is 14.6. The summed E-state index contributed by atoms with van der Waals surface area (Å²) in [5.74, 6) is -0.0406. The maximum Gasteiger partial charge on any atom is 0.240 e. The Hall–Kier alpha value is -2.71. The zero-order valence-electron chi connectivity index (χ0n) is 18.8. The number of amides is 2. The second-order valence-electron chi connectivity index (χ2n) is 8.66. The maximum atomic E-state index is 12.8. The summed E-state index contributed by atoms with van der Waals surface area (Å²) in [6.45, 7) is 2.41. The van der Waals surface area contributed by atoms with E-state index in [9.17, 15) is 18.0 Å². The van der Waals surface area contributed by atoms with Crippen LogP contribution in [0, 0.1) is 0 Å². The van der Waals surface area contributed by atoms with Crippen LogP contribution in [0.1, 0.15) is 43.2 Å². The predicted octanol–water partition coefficient (Wildman–Crippen LogP) is 2.89. The number of piperidine rings is 1. The van der Waals surface area contributed by atoms with Crippen molar-refractivity contribution >= 4 is 27.5 Å². The molecule has 176 valence electrons. The van der Waals surface area contributed by atoms with Gasteiger partial charge in [-0.05, 0) is 61.4 Å². The molecule has 0 unspecified atom stereocenters. The van der Waals surface area contributed by atoms with Gasteiger partial charge in [0.15, 0.2) is 0 Å². The molecule has 1 fully saturated rings. The Bertz CT molecular complexity index is 1100. The summed E-state index contributed by atoms with van der Waals surface area (Å²) < 4.78 is 28.1. The van der Waals surface area contributed by atoms with E-state index in [0.717, 1.165) is 49.2 Å². The molecule has 2 aromatic rings. The van der Waals surface area contributed by atoms with Crippen molar-refractivity contribution in [3.05, 3.63) is 59.7 Å². The number of rotatable bonds is 8. The molecule has 2 aromatic carbocycles. The number of hydrogen-bond donors (Lipinski definition) is 1. The van der Waals surface area contributed by atoms with Crippen LogP contribution in [0.4, 0.5) is 5.69 Å². The number of sulfonamides is 1. The van der Waals surface area contributed by atoms with Crippen LogP contribution in [0.3, 0.4) is 0 Å². The minimum atomic E-state index is -3.63. The van der Waals surface area contributed by atoms with Crippen LogP contribution in [0.15, 0.2) is 53.4 Å². The first kappa shape index (κ1) is 23.4. The highest BCUT2D eigenvalue weighted by Crippen LogP contribution is 2.31. The number of carbonyl (C=O) groups is 2. The van der Waals surface area contributed by atoms with Gasteiger partial charge in [0.25, 0.3) is 0 Å². The largest absolute Gasteiger partial charge is 0.343 e. The number of likely N-dealkylation sites (tertiary alicyclic amines) is 1. The van der Waals surface area contributed by atoms with Crippen LogP contribution in [-0.4, -0.2) is 51.3 Å². The quantitative estimate of drug-likeness (QED) is 0.644. The van der Waals surface area contributed by atoms with Crippen molar-refractivity contribution in [3.8, 4) is 0 Å². The molecular weight excluding hydrogens is 438 g/mol.